The molecule has 0 fully saturated rings. The number of unbranched alkanes of at least 4 members (excludes halogenated alkanes) is 2. The molecule has 0 unspecified atom stereocenters. The maximum absolute atomic E-state index is 11.7. The molecule has 2 amide bonds. The normalized spacial score (nSPS) is 9.42. The molecule has 0 atom stereocenters. The molecule has 0 heterocycles. The van der Waals surface area contributed by atoms with Gasteiger partial charge >= 0.3 is 0 Å². The molecule has 1 rings (SSSR count). The lowest BCUT2D eigenvalue weighted by molar-refractivity contribution is -0.120. The van der Waals surface area contributed by atoms with Crippen LogP contribution in [-0.4, -0.2) is 24.9 Å². The molecule has 0 spiro atoms. The number of benzene rings is 1. The SMILES string of the molecule is C#CCCCCNC(=O)CNC(=O)c1ccccc1. The van der Waals surface area contributed by atoms with Crippen LogP contribution < -0.4 is 10.6 Å². The summed E-state index contributed by atoms with van der Waals surface area (Å²) in [6.07, 6.45) is 7.59. The van der Waals surface area contributed by atoms with Crippen molar-refractivity contribution in [3.05, 3.63) is 35.9 Å². The maximum atomic E-state index is 11.7. The highest BCUT2D eigenvalue weighted by Gasteiger charge is 2.06. The minimum atomic E-state index is -0.247. The van der Waals surface area contributed by atoms with E-state index in [-0.39, 0.29) is 18.4 Å². The summed E-state index contributed by atoms with van der Waals surface area (Å²) in [5.41, 5.74) is 0.546. The molecule has 0 aliphatic rings. The second-order valence-electron chi connectivity index (χ2n) is 4.06. The fraction of sp³-hybridized carbons (Fsp3) is 0.333. The van der Waals surface area contributed by atoms with Gasteiger partial charge in [0.1, 0.15) is 0 Å². The number of amides is 2. The van der Waals surface area contributed by atoms with E-state index in [1.54, 1.807) is 24.3 Å². The second-order valence-corrected chi connectivity index (χ2v) is 4.06. The Bertz CT molecular complexity index is 449. The van der Waals surface area contributed by atoms with Gasteiger partial charge in [0, 0.05) is 18.5 Å². The van der Waals surface area contributed by atoms with Crippen molar-refractivity contribution in [2.75, 3.05) is 13.1 Å². The molecule has 1 aromatic carbocycles. The third-order valence-electron chi connectivity index (χ3n) is 2.52. The van der Waals surface area contributed by atoms with Gasteiger partial charge in [-0.05, 0) is 25.0 Å². The van der Waals surface area contributed by atoms with E-state index >= 15 is 0 Å². The first-order valence-electron chi connectivity index (χ1n) is 6.27. The van der Waals surface area contributed by atoms with E-state index in [1.807, 2.05) is 6.07 Å². The molecule has 0 saturated carbocycles. The van der Waals surface area contributed by atoms with Gasteiger partial charge in [0.05, 0.1) is 6.54 Å². The van der Waals surface area contributed by atoms with Gasteiger partial charge in [0.2, 0.25) is 5.91 Å². The summed E-state index contributed by atoms with van der Waals surface area (Å²) in [5.74, 6) is 2.11. The van der Waals surface area contributed by atoms with Crippen LogP contribution in [0.5, 0.6) is 0 Å². The third kappa shape index (κ3) is 6.27. The monoisotopic (exact) mass is 258 g/mol. The lowest BCUT2D eigenvalue weighted by Gasteiger charge is -2.06. The highest BCUT2D eigenvalue weighted by molar-refractivity contribution is 5.96. The average Bonchev–Trinajstić information content (AvgIpc) is 2.45. The smallest absolute Gasteiger partial charge is 0.251 e. The molecule has 0 aliphatic heterocycles. The van der Waals surface area contributed by atoms with E-state index in [2.05, 4.69) is 16.6 Å². The molecule has 1 aromatic rings. The number of carbonyl (C=O) groups excluding carboxylic acids is 2. The first kappa shape index (κ1) is 14.8. The van der Waals surface area contributed by atoms with Crippen LogP contribution in [0.15, 0.2) is 30.3 Å². The van der Waals surface area contributed by atoms with Gasteiger partial charge in [-0.15, -0.1) is 12.3 Å². The minimum absolute atomic E-state index is 0.0110. The van der Waals surface area contributed by atoms with Gasteiger partial charge in [-0.3, -0.25) is 9.59 Å². The van der Waals surface area contributed by atoms with E-state index in [4.69, 9.17) is 6.42 Å². The third-order valence-corrected chi connectivity index (χ3v) is 2.52. The Kier molecular flexibility index (Phi) is 6.81. The van der Waals surface area contributed by atoms with Gasteiger partial charge in [0.25, 0.3) is 5.91 Å². The molecule has 2 N–H and O–H groups in total. The zero-order chi connectivity index (χ0) is 13.9. The number of carbonyl (C=O) groups is 2. The summed E-state index contributed by atoms with van der Waals surface area (Å²) >= 11 is 0. The van der Waals surface area contributed by atoms with Crippen molar-refractivity contribution < 1.29 is 9.59 Å². The van der Waals surface area contributed by atoms with Crippen LogP contribution in [0.4, 0.5) is 0 Å². The summed E-state index contributed by atoms with van der Waals surface area (Å²) < 4.78 is 0. The van der Waals surface area contributed by atoms with Crippen molar-refractivity contribution in [2.24, 2.45) is 0 Å². The lowest BCUT2D eigenvalue weighted by atomic mass is 10.2. The van der Waals surface area contributed by atoms with E-state index < -0.39 is 0 Å². The van der Waals surface area contributed by atoms with Crippen molar-refractivity contribution in [1.82, 2.24) is 10.6 Å². The second kappa shape index (κ2) is 8.76. The molecule has 0 radical (unpaired) electrons. The molecule has 100 valence electrons. The Labute approximate surface area is 113 Å². The largest absolute Gasteiger partial charge is 0.355 e. The Morgan fingerprint density at radius 3 is 2.53 bits per heavy atom. The summed E-state index contributed by atoms with van der Waals surface area (Å²) in [5, 5.41) is 5.29. The zero-order valence-electron chi connectivity index (χ0n) is 10.8. The van der Waals surface area contributed by atoms with E-state index in [1.165, 1.54) is 0 Å². The van der Waals surface area contributed by atoms with Crippen LogP contribution in [0.25, 0.3) is 0 Å². The minimum Gasteiger partial charge on any atom is -0.355 e. The number of hydrogen-bond acceptors (Lipinski definition) is 2. The van der Waals surface area contributed by atoms with E-state index in [9.17, 15) is 9.59 Å². The van der Waals surface area contributed by atoms with Crippen LogP contribution >= 0.6 is 0 Å². The standard InChI is InChI=1S/C15H18N2O2/c1-2-3-4-8-11-16-14(18)12-17-15(19)13-9-6-5-7-10-13/h1,5-7,9-10H,3-4,8,11-12H2,(H,16,18)(H,17,19). The maximum Gasteiger partial charge on any atom is 0.251 e. The molecule has 19 heavy (non-hydrogen) atoms. The first-order valence-corrected chi connectivity index (χ1v) is 6.27. The lowest BCUT2D eigenvalue weighted by Crippen LogP contribution is -2.37. The van der Waals surface area contributed by atoms with Gasteiger partial charge in [-0.2, -0.15) is 0 Å². The van der Waals surface area contributed by atoms with Crippen LogP contribution in [0.1, 0.15) is 29.6 Å². The van der Waals surface area contributed by atoms with Crippen molar-refractivity contribution >= 4 is 11.8 Å². The predicted molar refractivity (Wildman–Crippen MR) is 74.5 cm³/mol. The molecule has 0 aliphatic carbocycles. The number of nitrogens with one attached hydrogen (secondary N) is 2. The molecule has 0 aromatic heterocycles. The van der Waals surface area contributed by atoms with Crippen molar-refractivity contribution in [2.45, 2.75) is 19.3 Å². The average molecular weight is 258 g/mol. The van der Waals surface area contributed by atoms with Gasteiger partial charge in [-0.25, -0.2) is 0 Å². The number of hydrogen-bond donors (Lipinski definition) is 2. The van der Waals surface area contributed by atoms with Gasteiger partial charge in [-0.1, -0.05) is 18.2 Å². The first-order chi connectivity index (χ1) is 9.24. The zero-order valence-corrected chi connectivity index (χ0v) is 10.8. The molecular weight excluding hydrogens is 240 g/mol. The molecule has 4 nitrogen and oxygen atoms in total. The Balaban J connectivity index is 2.17. The van der Waals surface area contributed by atoms with Crippen LogP contribution in [-0.2, 0) is 4.79 Å². The number of terminal acetylenes is 1. The highest BCUT2D eigenvalue weighted by atomic mass is 16.2. The molecular formula is C15H18N2O2. The van der Waals surface area contributed by atoms with E-state index in [0.29, 0.717) is 12.1 Å². The topological polar surface area (TPSA) is 58.2 Å². The fourth-order valence-electron chi connectivity index (χ4n) is 1.49. The van der Waals surface area contributed by atoms with Crippen molar-refractivity contribution in [1.29, 1.82) is 0 Å². The highest BCUT2D eigenvalue weighted by Crippen LogP contribution is 1.97. The van der Waals surface area contributed by atoms with Gasteiger partial charge in [0.15, 0.2) is 0 Å². The Hall–Kier alpha value is -2.28. The Morgan fingerprint density at radius 2 is 1.84 bits per heavy atom. The van der Waals surface area contributed by atoms with Crippen molar-refractivity contribution in [3.63, 3.8) is 0 Å². The van der Waals surface area contributed by atoms with Crippen LogP contribution in [0, 0.1) is 12.3 Å². The summed E-state index contributed by atoms with van der Waals surface area (Å²) in [4.78, 5) is 23.1. The van der Waals surface area contributed by atoms with E-state index in [0.717, 1.165) is 19.3 Å². The molecule has 0 bridgehead atoms. The molecule has 0 saturated heterocycles. The summed E-state index contributed by atoms with van der Waals surface area (Å²) in [7, 11) is 0. The molecule has 4 heteroatoms. The summed E-state index contributed by atoms with van der Waals surface area (Å²) in [6.45, 7) is 0.574. The van der Waals surface area contributed by atoms with Crippen LogP contribution in [0.2, 0.25) is 0 Å². The predicted octanol–water partition coefficient (Wildman–Crippen LogP) is 1.34. The fourth-order valence-corrected chi connectivity index (χ4v) is 1.49. The van der Waals surface area contributed by atoms with Crippen LogP contribution in [0.3, 0.4) is 0 Å². The summed E-state index contributed by atoms with van der Waals surface area (Å²) in [6, 6.07) is 8.79. The van der Waals surface area contributed by atoms with Gasteiger partial charge < -0.3 is 10.6 Å². The van der Waals surface area contributed by atoms with Crippen molar-refractivity contribution in [3.8, 4) is 12.3 Å². The Morgan fingerprint density at radius 1 is 1.11 bits per heavy atom. The quantitative estimate of drug-likeness (QED) is 0.572. The number of rotatable bonds is 7.